The molecule has 0 radical (unpaired) electrons. The Morgan fingerprint density at radius 2 is 1.07 bits per heavy atom. The number of benzene rings is 3. The van der Waals surface area contributed by atoms with Crippen LogP contribution < -0.4 is 10.6 Å². The summed E-state index contributed by atoms with van der Waals surface area (Å²) in [5, 5.41) is 31.6. The highest BCUT2D eigenvalue weighted by Crippen LogP contribution is 2.48. The van der Waals surface area contributed by atoms with E-state index in [9.17, 15) is 34.2 Å². The number of hydrogen-bond donors (Lipinski definition) is 5. The van der Waals surface area contributed by atoms with Crippen molar-refractivity contribution in [3.05, 3.63) is 108 Å². The molecule has 10 nitrogen and oxygen atoms in total. The highest BCUT2D eigenvalue weighted by molar-refractivity contribution is 8.00. The number of hydrogen-bond acceptors (Lipinski definition) is 6. The zero-order valence-electron chi connectivity index (χ0n) is 23.3. The van der Waals surface area contributed by atoms with Gasteiger partial charge in [-0.3, -0.25) is 19.2 Å². The fourth-order valence-corrected chi connectivity index (χ4v) is 6.24. The smallest absolute Gasteiger partial charge is 0.326 e. The average molecular weight is 607 g/mol. The number of nitrogens with one attached hydrogen (secondary N) is 2. The predicted octanol–water partition coefficient (Wildman–Crippen LogP) is 3.89. The number of unbranched alkanes of at least 4 members (excludes halogenated alkanes) is 1. The maximum Gasteiger partial charge on any atom is 0.326 e. The molecule has 0 aliphatic rings. The molecule has 0 saturated carbocycles. The number of thioether (sulfide) groups is 1. The van der Waals surface area contributed by atoms with Crippen LogP contribution in [0, 0.1) is 0 Å². The first-order valence-electron chi connectivity index (χ1n) is 13.7. The summed E-state index contributed by atoms with van der Waals surface area (Å²) in [6.07, 6.45) is -0.590. The Labute approximate surface area is 253 Å². The van der Waals surface area contributed by atoms with Gasteiger partial charge in [0.1, 0.15) is 12.1 Å². The van der Waals surface area contributed by atoms with Gasteiger partial charge in [-0.2, -0.15) is 0 Å². The Balaban J connectivity index is 1.67. The van der Waals surface area contributed by atoms with E-state index in [0.717, 1.165) is 16.7 Å². The molecule has 2 unspecified atom stereocenters. The lowest BCUT2D eigenvalue weighted by Gasteiger charge is -2.35. The summed E-state index contributed by atoms with van der Waals surface area (Å²) in [6, 6.07) is 27.2. The van der Waals surface area contributed by atoms with E-state index >= 15 is 0 Å². The minimum atomic E-state index is -1.77. The van der Waals surface area contributed by atoms with Gasteiger partial charge in [-0.15, -0.1) is 11.8 Å². The van der Waals surface area contributed by atoms with Crippen molar-refractivity contribution >= 4 is 41.5 Å². The second kappa shape index (κ2) is 16.1. The molecule has 43 heavy (non-hydrogen) atoms. The Hall–Kier alpha value is -4.64. The van der Waals surface area contributed by atoms with Crippen molar-refractivity contribution in [3.8, 4) is 0 Å². The molecular formula is C32H34N2O8S. The van der Waals surface area contributed by atoms with Gasteiger partial charge in [0, 0.05) is 6.42 Å². The van der Waals surface area contributed by atoms with Crippen molar-refractivity contribution in [2.75, 3.05) is 5.75 Å². The summed E-state index contributed by atoms with van der Waals surface area (Å²) in [5.74, 6) is -5.41. The van der Waals surface area contributed by atoms with E-state index in [1.807, 2.05) is 59.9 Å². The third-order valence-electron chi connectivity index (χ3n) is 6.68. The van der Waals surface area contributed by atoms with Crippen molar-refractivity contribution in [2.45, 2.75) is 48.9 Å². The first-order valence-corrected chi connectivity index (χ1v) is 14.7. The molecule has 3 aromatic rings. The van der Waals surface area contributed by atoms with Crippen LogP contribution in [0.1, 0.15) is 48.8 Å². The summed E-state index contributed by atoms with van der Waals surface area (Å²) in [7, 11) is 0. The highest BCUT2D eigenvalue weighted by Gasteiger charge is 2.36. The van der Waals surface area contributed by atoms with Gasteiger partial charge >= 0.3 is 17.9 Å². The molecule has 0 aromatic heterocycles. The average Bonchev–Trinajstić information content (AvgIpc) is 2.99. The minimum absolute atomic E-state index is 0.0104. The lowest BCUT2D eigenvalue weighted by atomic mass is 9.84. The third-order valence-corrected chi connectivity index (χ3v) is 8.31. The Kier molecular flexibility index (Phi) is 12.3. The van der Waals surface area contributed by atoms with E-state index in [4.69, 9.17) is 5.11 Å². The van der Waals surface area contributed by atoms with Gasteiger partial charge in [-0.25, -0.2) is 4.79 Å². The maximum absolute atomic E-state index is 12.7. The molecule has 2 atom stereocenters. The highest BCUT2D eigenvalue weighted by atomic mass is 32.2. The van der Waals surface area contributed by atoms with Crippen molar-refractivity contribution in [1.29, 1.82) is 0 Å². The van der Waals surface area contributed by atoms with Crippen molar-refractivity contribution < 1.29 is 39.3 Å². The van der Waals surface area contributed by atoms with Crippen LogP contribution in [-0.4, -0.2) is 62.9 Å². The van der Waals surface area contributed by atoms with Gasteiger partial charge in [0.2, 0.25) is 11.8 Å². The van der Waals surface area contributed by atoms with Crippen molar-refractivity contribution in [1.82, 2.24) is 10.6 Å². The van der Waals surface area contributed by atoms with Crippen LogP contribution in [0.3, 0.4) is 0 Å². The van der Waals surface area contributed by atoms with Crippen LogP contribution in [0.5, 0.6) is 0 Å². The lowest BCUT2D eigenvalue weighted by molar-refractivity contribution is -0.148. The Bertz CT molecular complexity index is 1290. The number of amides is 2. The third kappa shape index (κ3) is 9.44. The van der Waals surface area contributed by atoms with Gasteiger partial charge in [-0.1, -0.05) is 91.0 Å². The number of carboxylic acids is 3. The minimum Gasteiger partial charge on any atom is -0.481 e. The summed E-state index contributed by atoms with van der Waals surface area (Å²) in [4.78, 5) is 58.7. The van der Waals surface area contributed by atoms with Gasteiger partial charge in [0.05, 0.1) is 17.6 Å². The van der Waals surface area contributed by atoms with E-state index in [1.54, 1.807) is 11.8 Å². The van der Waals surface area contributed by atoms with E-state index in [0.29, 0.717) is 18.6 Å². The zero-order valence-corrected chi connectivity index (χ0v) is 24.2. The van der Waals surface area contributed by atoms with Gasteiger partial charge in [0.15, 0.2) is 0 Å². The maximum atomic E-state index is 12.7. The SMILES string of the molecule is O=C(O)CC(NC(=O)C(CC(=O)O)NC(=O)CCCCSC(c1ccccc1)(c1ccccc1)c1ccccc1)C(=O)O. The molecule has 0 aliphatic heterocycles. The second-order valence-electron chi connectivity index (χ2n) is 9.80. The summed E-state index contributed by atoms with van der Waals surface area (Å²) < 4.78 is -0.507. The first kappa shape index (κ1) is 32.9. The van der Waals surface area contributed by atoms with Gasteiger partial charge in [-0.05, 0) is 35.3 Å². The summed E-state index contributed by atoms with van der Waals surface area (Å²) >= 11 is 1.74. The first-order chi connectivity index (χ1) is 20.6. The molecule has 3 aromatic carbocycles. The molecular weight excluding hydrogens is 572 g/mol. The zero-order chi connectivity index (χ0) is 31.2. The predicted molar refractivity (Wildman–Crippen MR) is 162 cm³/mol. The molecule has 3 rings (SSSR count). The molecule has 11 heteroatoms. The van der Waals surface area contributed by atoms with E-state index in [-0.39, 0.29) is 6.42 Å². The molecule has 0 heterocycles. The largest absolute Gasteiger partial charge is 0.481 e. The number of carbonyl (C=O) groups is 5. The molecule has 0 aliphatic carbocycles. The second-order valence-corrected chi connectivity index (χ2v) is 11.1. The summed E-state index contributed by atoms with van der Waals surface area (Å²) in [5.41, 5.74) is 3.33. The monoisotopic (exact) mass is 606 g/mol. The molecule has 2 amide bonds. The summed E-state index contributed by atoms with van der Waals surface area (Å²) in [6.45, 7) is 0. The standard InChI is InChI=1S/C32H34N2O8S/c35-27(33-25(20-28(36)37)30(40)34-26(31(41)42)21-29(38)39)18-10-11-19-43-32(22-12-4-1-5-13-22,23-14-6-2-7-15-23)24-16-8-3-9-17-24/h1-9,12-17,25-26H,10-11,18-21H2,(H,33,35)(H,34,40)(H,36,37)(H,38,39)(H,41,42). The Morgan fingerprint density at radius 1 is 0.628 bits per heavy atom. The Morgan fingerprint density at radius 3 is 1.49 bits per heavy atom. The molecule has 0 bridgehead atoms. The molecule has 0 saturated heterocycles. The molecule has 5 N–H and O–H groups in total. The van der Waals surface area contributed by atoms with E-state index in [2.05, 4.69) is 41.7 Å². The van der Waals surface area contributed by atoms with Crippen molar-refractivity contribution in [3.63, 3.8) is 0 Å². The number of rotatable bonds is 17. The number of carbonyl (C=O) groups excluding carboxylic acids is 2. The molecule has 0 fully saturated rings. The fraction of sp³-hybridized carbons (Fsp3) is 0.281. The molecule has 0 spiro atoms. The normalized spacial score (nSPS) is 12.5. The van der Waals surface area contributed by atoms with Crippen molar-refractivity contribution in [2.24, 2.45) is 0 Å². The van der Waals surface area contributed by atoms with Crippen LogP contribution in [0.15, 0.2) is 91.0 Å². The molecule has 226 valence electrons. The van der Waals surface area contributed by atoms with Crippen LogP contribution in [0.4, 0.5) is 0 Å². The van der Waals surface area contributed by atoms with Crippen LogP contribution >= 0.6 is 11.8 Å². The van der Waals surface area contributed by atoms with Gasteiger partial charge in [0.25, 0.3) is 0 Å². The number of carboxylic acid groups (broad SMARTS) is 3. The topological polar surface area (TPSA) is 170 Å². The van der Waals surface area contributed by atoms with E-state index in [1.165, 1.54) is 0 Å². The number of aliphatic carboxylic acids is 3. The fourth-order valence-electron chi connectivity index (χ4n) is 4.68. The van der Waals surface area contributed by atoms with E-state index < -0.39 is 59.4 Å². The quantitative estimate of drug-likeness (QED) is 0.113. The van der Waals surface area contributed by atoms with Crippen LogP contribution in [0.25, 0.3) is 0 Å². The van der Waals surface area contributed by atoms with Crippen LogP contribution in [-0.2, 0) is 28.7 Å². The lowest BCUT2D eigenvalue weighted by Crippen LogP contribution is -2.52. The van der Waals surface area contributed by atoms with Gasteiger partial charge < -0.3 is 26.0 Å². The van der Waals surface area contributed by atoms with Crippen LogP contribution in [0.2, 0.25) is 0 Å².